The number of nitrogens with one attached hydrogen (secondary N) is 1. The van der Waals surface area contributed by atoms with Gasteiger partial charge in [0.05, 0.1) is 37.5 Å². The Bertz CT molecular complexity index is 806. The number of methoxy groups -OCH3 is 2. The molecule has 0 atom stereocenters. The molecule has 0 aliphatic heterocycles. The van der Waals surface area contributed by atoms with E-state index in [0.717, 1.165) is 12.5 Å². The Hall–Kier alpha value is -3.29. The van der Waals surface area contributed by atoms with E-state index in [9.17, 15) is 14.9 Å². The second-order valence-electron chi connectivity index (χ2n) is 5.28. The number of nitro groups is 1. The van der Waals surface area contributed by atoms with Crippen LogP contribution in [0.25, 0.3) is 0 Å². The first-order chi connectivity index (χ1) is 12.5. The topological polar surface area (TPSA) is 99.9 Å². The fraction of sp³-hybridized carbons (Fsp3) is 0.278. The molecular weight excluding hydrogens is 340 g/mol. The van der Waals surface area contributed by atoms with Crippen LogP contribution in [0.4, 0.5) is 11.4 Å². The number of hydrogen-bond donors (Lipinski definition) is 1. The molecule has 138 valence electrons. The first-order valence-corrected chi connectivity index (χ1v) is 7.95. The Morgan fingerprint density at radius 2 is 1.77 bits per heavy atom. The van der Waals surface area contributed by atoms with Crippen LogP contribution in [0.3, 0.4) is 0 Å². The van der Waals surface area contributed by atoms with Crippen LogP contribution in [0.1, 0.15) is 23.7 Å². The summed E-state index contributed by atoms with van der Waals surface area (Å²) in [4.78, 5) is 23.4. The molecule has 2 aromatic rings. The zero-order valence-electron chi connectivity index (χ0n) is 14.8. The monoisotopic (exact) mass is 360 g/mol. The van der Waals surface area contributed by atoms with Gasteiger partial charge in [-0.3, -0.25) is 14.9 Å². The first-order valence-electron chi connectivity index (χ1n) is 7.95. The van der Waals surface area contributed by atoms with E-state index in [1.54, 1.807) is 24.3 Å². The van der Waals surface area contributed by atoms with Gasteiger partial charge < -0.3 is 19.5 Å². The van der Waals surface area contributed by atoms with Crippen LogP contribution in [0.2, 0.25) is 0 Å². The van der Waals surface area contributed by atoms with E-state index in [2.05, 4.69) is 5.32 Å². The molecule has 1 N–H and O–H groups in total. The zero-order chi connectivity index (χ0) is 19.1. The Morgan fingerprint density at radius 3 is 2.38 bits per heavy atom. The number of carbonyl (C=O) groups is 1. The number of anilines is 1. The maximum atomic E-state index is 12.7. The molecule has 0 radical (unpaired) electrons. The standard InChI is InChI=1S/C18H20N2O6/c1-4-9-26-15-8-6-5-7-13(15)19-18(21)12-10-16(24-2)17(25-3)11-14(12)20(22)23/h5-8,10-11H,4,9H2,1-3H3,(H,19,21). The molecule has 0 saturated heterocycles. The quantitative estimate of drug-likeness (QED) is 0.570. The van der Waals surface area contributed by atoms with Gasteiger partial charge in [-0.1, -0.05) is 19.1 Å². The minimum Gasteiger partial charge on any atom is -0.493 e. The van der Waals surface area contributed by atoms with Crippen molar-refractivity contribution in [2.45, 2.75) is 13.3 Å². The van der Waals surface area contributed by atoms with Crippen molar-refractivity contribution >= 4 is 17.3 Å². The van der Waals surface area contributed by atoms with Gasteiger partial charge in [0.2, 0.25) is 0 Å². The van der Waals surface area contributed by atoms with Gasteiger partial charge in [0, 0.05) is 6.07 Å². The van der Waals surface area contributed by atoms with Gasteiger partial charge in [0.1, 0.15) is 11.3 Å². The number of nitrogens with zero attached hydrogens (tertiary/aromatic N) is 1. The molecule has 2 aromatic carbocycles. The predicted octanol–water partition coefficient (Wildman–Crippen LogP) is 3.65. The van der Waals surface area contributed by atoms with Crippen molar-refractivity contribution in [1.29, 1.82) is 0 Å². The highest BCUT2D eigenvalue weighted by atomic mass is 16.6. The molecule has 0 aromatic heterocycles. The average Bonchev–Trinajstić information content (AvgIpc) is 2.65. The lowest BCUT2D eigenvalue weighted by Gasteiger charge is -2.13. The van der Waals surface area contributed by atoms with Crippen LogP contribution in [-0.2, 0) is 0 Å². The summed E-state index contributed by atoms with van der Waals surface area (Å²) >= 11 is 0. The summed E-state index contributed by atoms with van der Waals surface area (Å²) < 4.78 is 15.8. The van der Waals surface area contributed by atoms with Crippen molar-refractivity contribution in [3.05, 3.63) is 52.1 Å². The van der Waals surface area contributed by atoms with E-state index in [1.807, 2.05) is 6.92 Å². The number of amides is 1. The summed E-state index contributed by atoms with van der Waals surface area (Å²) in [5.74, 6) is 0.234. The van der Waals surface area contributed by atoms with Gasteiger partial charge in [-0.15, -0.1) is 0 Å². The van der Waals surface area contributed by atoms with E-state index >= 15 is 0 Å². The predicted molar refractivity (Wildman–Crippen MR) is 96.4 cm³/mol. The SMILES string of the molecule is CCCOc1ccccc1NC(=O)c1cc(OC)c(OC)cc1[N+](=O)[O-]. The number of para-hydroxylation sites is 2. The van der Waals surface area contributed by atoms with Crippen molar-refractivity contribution in [3.63, 3.8) is 0 Å². The van der Waals surface area contributed by atoms with Crippen LogP contribution in [0, 0.1) is 10.1 Å². The molecule has 8 nitrogen and oxygen atoms in total. The largest absolute Gasteiger partial charge is 0.493 e. The van der Waals surface area contributed by atoms with Crippen LogP contribution < -0.4 is 19.5 Å². The van der Waals surface area contributed by atoms with E-state index in [0.29, 0.717) is 18.0 Å². The number of hydrogen-bond acceptors (Lipinski definition) is 6. The molecule has 2 rings (SSSR count). The molecule has 0 spiro atoms. The summed E-state index contributed by atoms with van der Waals surface area (Å²) in [5.41, 5.74) is -0.0971. The second-order valence-corrected chi connectivity index (χ2v) is 5.28. The lowest BCUT2D eigenvalue weighted by Crippen LogP contribution is -2.15. The van der Waals surface area contributed by atoms with Crippen molar-refractivity contribution in [1.82, 2.24) is 0 Å². The smallest absolute Gasteiger partial charge is 0.286 e. The number of benzene rings is 2. The van der Waals surface area contributed by atoms with Gasteiger partial charge in [-0.25, -0.2) is 0 Å². The van der Waals surface area contributed by atoms with Crippen molar-refractivity contribution in [2.24, 2.45) is 0 Å². The van der Waals surface area contributed by atoms with Crippen molar-refractivity contribution < 1.29 is 23.9 Å². The van der Waals surface area contributed by atoms with Crippen LogP contribution in [0.15, 0.2) is 36.4 Å². The van der Waals surface area contributed by atoms with E-state index in [-0.39, 0.29) is 22.7 Å². The summed E-state index contributed by atoms with van der Waals surface area (Å²) in [6, 6.07) is 9.33. The van der Waals surface area contributed by atoms with Gasteiger partial charge in [0.15, 0.2) is 11.5 Å². The highest BCUT2D eigenvalue weighted by Crippen LogP contribution is 2.35. The molecule has 0 aliphatic carbocycles. The summed E-state index contributed by atoms with van der Waals surface area (Å²) in [5, 5.41) is 14.0. The third-order valence-electron chi connectivity index (χ3n) is 3.54. The molecule has 0 unspecified atom stereocenters. The van der Waals surface area contributed by atoms with E-state index < -0.39 is 10.8 Å². The van der Waals surface area contributed by atoms with Crippen molar-refractivity contribution in [3.8, 4) is 17.2 Å². The molecule has 26 heavy (non-hydrogen) atoms. The molecule has 0 heterocycles. The van der Waals surface area contributed by atoms with Crippen LogP contribution >= 0.6 is 0 Å². The average molecular weight is 360 g/mol. The third-order valence-corrected chi connectivity index (χ3v) is 3.54. The van der Waals surface area contributed by atoms with Gasteiger partial charge in [0.25, 0.3) is 11.6 Å². The summed E-state index contributed by atoms with van der Waals surface area (Å²) in [6.45, 7) is 2.46. The summed E-state index contributed by atoms with van der Waals surface area (Å²) in [6.07, 6.45) is 0.809. The van der Waals surface area contributed by atoms with Gasteiger partial charge in [-0.05, 0) is 18.6 Å². The number of nitro benzene ring substituents is 1. The second kappa shape index (κ2) is 8.70. The number of ether oxygens (including phenoxy) is 3. The Labute approximate surface area is 150 Å². The van der Waals surface area contributed by atoms with E-state index in [4.69, 9.17) is 14.2 Å². The minimum absolute atomic E-state index is 0.141. The fourth-order valence-electron chi connectivity index (χ4n) is 2.30. The lowest BCUT2D eigenvalue weighted by molar-refractivity contribution is -0.385. The molecule has 0 fully saturated rings. The zero-order valence-corrected chi connectivity index (χ0v) is 14.8. The normalized spacial score (nSPS) is 10.1. The molecule has 0 bridgehead atoms. The maximum absolute atomic E-state index is 12.7. The van der Waals surface area contributed by atoms with Gasteiger partial charge >= 0.3 is 0 Å². The molecule has 0 saturated carbocycles. The maximum Gasteiger partial charge on any atom is 0.286 e. The van der Waals surface area contributed by atoms with Gasteiger partial charge in [-0.2, -0.15) is 0 Å². The molecule has 8 heteroatoms. The van der Waals surface area contributed by atoms with Crippen LogP contribution in [-0.4, -0.2) is 31.7 Å². The number of carbonyl (C=O) groups excluding carboxylic acids is 1. The molecule has 0 aliphatic rings. The highest BCUT2D eigenvalue weighted by Gasteiger charge is 2.25. The lowest BCUT2D eigenvalue weighted by atomic mass is 10.1. The molecule has 1 amide bonds. The van der Waals surface area contributed by atoms with Crippen molar-refractivity contribution in [2.75, 3.05) is 26.1 Å². The first kappa shape index (κ1) is 19.0. The van der Waals surface area contributed by atoms with Crippen LogP contribution in [0.5, 0.6) is 17.2 Å². The highest BCUT2D eigenvalue weighted by molar-refractivity contribution is 6.08. The molecular formula is C18H20N2O6. The minimum atomic E-state index is -0.648. The summed E-state index contributed by atoms with van der Waals surface area (Å²) in [7, 11) is 2.75. The van der Waals surface area contributed by atoms with E-state index in [1.165, 1.54) is 20.3 Å². The third kappa shape index (κ3) is 4.21. The fourth-order valence-corrected chi connectivity index (χ4v) is 2.30. The Morgan fingerprint density at radius 1 is 1.12 bits per heavy atom. The number of rotatable bonds is 8. The Balaban J connectivity index is 2.39. The Kier molecular flexibility index (Phi) is 6.37.